The van der Waals surface area contributed by atoms with Crippen molar-refractivity contribution in [3.05, 3.63) is 72.3 Å². The maximum absolute atomic E-state index is 11.8. The molecule has 0 saturated heterocycles. The quantitative estimate of drug-likeness (QED) is 0.501. The SMILES string of the molecule is CC(=O)Cc1cc(-c2cccc3ccccc23)c2nc(-c3nn[nH]n3)ccc2c1. The van der Waals surface area contributed by atoms with E-state index in [0.717, 1.165) is 38.4 Å². The molecule has 6 heteroatoms. The van der Waals surface area contributed by atoms with Crippen LogP contribution < -0.4 is 0 Å². The summed E-state index contributed by atoms with van der Waals surface area (Å²) >= 11 is 0. The minimum atomic E-state index is 0.129. The van der Waals surface area contributed by atoms with Gasteiger partial charge in [0, 0.05) is 17.4 Å². The average Bonchev–Trinajstić information content (AvgIpc) is 3.27. The summed E-state index contributed by atoms with van der Waals surface area (Å²) < 4.78 is 0. The van der Waals surface area contributed by atoms with Gasteiger partial charge in [-0.05, 0) is 52.2 Å². The highest BCUT2D eigenvalue weighted by molar-refractivity contribution is 6.05. The van der Waals surface area contributed by atoms with Crippen LogP contribution in [-0.4, -0.2) is 31.4 Å². The van der Waals surface area contributed by atoms with Crippen LogP contribution in [0.25, 0.3) is 44.3 Å². The standard InChI is InChI=1S/C23H17N5O/c1-14(29)11-15-12-17-9-10-21(23-25-27-28-26-23)24-22(17)20(13-15)19-8-4-6-16-5-2-3-7-18(16)19/h2-10,12-13H,11H2,1H3,(H,25,26,27,28). The van der Waals surface area contributed by atoms with Gasteiger partial charge < -0.3 is 0 Å². The number of H-pyrrole nitrogens is 1. The summed E-state index contributed by atoms with van der Waals surface area (Å²) in [7, 11) is 0. The molecule has 5 aromatic rings. The van der Waals surface area contributed by atoms with E-state index in [4.69, 9.17) is 4.98 Å². The molecular formula is C23H17N5O. The number of aromatic nitrogens is 5. The Morgan fingerprint density at radius 3 is 2.62 bits per heavy atom. The Bertz CT molecular complexity index is 1350. The summed E-state index contributed by atoms with van der Waals surface area (Å²) in [6.07, 6.45) is 0.389. The zero-order valence-corrected chi connectivity index (χ0v) is 15.8. The molecule has 0 radical (unpaired) electrons. The van der Waals surface area contributed by atoms with E-state index >= 15 is 0 Å². The van der Waals surface area contributed by atoms with Crippen LogP contribution >= 0.6 is 0 Å². The first kappa shape index (κ1) is 17.2. The van der Waals surface area contributed by atoms with Crippen molar-refractivity contribution in [1.82, 2.24) is 25.6 Å². The first-order valence-corrected chi connectivity index (χ1v) is 9.34. The Kier molecular flexibility index (Phi) is 4.09. The lowest BCUT2D eigenvalue weighted by Gasteiger charge is -2.13. The molecule has 2 heterocycles. The van der Waals surface area contributed by atoms with E-state index < -0.39 is 0 Å². The Labute approximate surface area is 166 Å². The van der Waals surface area contributed by atoms with Gasteiger partial charge in [-0.3, -0.25) is 4.79 Å². The summed E-state index contributed by atoms with van der Waals surface area (Å²) in [5.74, 6) is 0.577. The number of hydrogen-bond donors (Lipinski definition) is 1. The van der Waals surface area contributed by atoms with Gasteiger partial charge in [-0.1, -0.05) is 48.5 Å². The molecule has 6 nitrogen and oxygen atoms in total. The molecule has 2 aromatic heterocycles. The molecular weight excluding hydrogens is 362 g/mol. The lowest BCUT2D eigenvalue weighted by molar-refractivity contribution is -0.116. The van der Waals surface area contributed by atoms with Gasteiger partial charge in [0.15, 0.2) is 0 Å². The first-order valence-electron chi connectivity index (χ1n) is 9.34. The van der Waals surface area contributed by atoms with Gasteiger partial charge in [-0.25, -0.2) is 4.98 Å². The number of carbonyl (C=O) groups is 1. The number of ketones is 1. The first-order chi connectivity index (χ1) is 14.2. The van der Waals surface area contributed by atoms with Gasteiger partial charge >= 0.3 is 0 Å². The van der Waals surface area contributed by atoms with Crippen LogP contribution in [0.15, 0.2) is 66.7 Å². The predicted molar refractivity (Wildman–Crippen MR) is 112 cm³/mol. The Hall–Kier alpha value is -3.93. The highest BCUT2D eigenvalue weighted by Crippen LogP contribution is 2.35. The van der Waals surface area contributed by atoms with E-state index in [1.54, 1.807) is 6.92 Å². The Balaban J connectivity index is 1.83. The van der Waals surface area contributed by atoms with Crippen molar-refractivity contribution in [2.75, 3.05) is 0 Å². The van der Waals surface area contributed by atoms with Gasteiger partial charge in [-0.15, -0.1) is 10.2 Å². The monoisotopic (exact) mass is 379 g/mol. The fourth-order valence-electron chi connectivity index (χ4n) is 3.75. The van der Waals surface area contributed by atoms with Crippen molar-refractivity contribution in [3.63, 3.8) is 0 Å². The number of nitrogens with one attached hydrogen (secondary N) is 1. The highest BCUT2D eigenvalue weighted by Gasteiger charge is 2.14. The third-order valence-electron chi connectivity index (χ3n) is 4.96. The number of tetrazole rings is 1. The molecule has 0 saturated carbocycles. The topological polar surface area (TPSA) is 84.4 Å². The summed E-state index contributed by atoms with van der Waals surface area (Å²) in [6, 6.07) is 22.5. The van der Waals surface area contributed by atoms with Crippen LogP contribution in [0.5, 0.6) is 0 Å². The van der Waals surface area contributed by atoms with Crippen molar-refractivity contribution in [1.29, 1.82) is 0 Å². The van der Waals surface area contributed by atoms with E-state index in [1.165, 1.54) is 0 Å². The number of aromatic amines is 1. The largest absolute Gasteiger partial charge is 0.300 e. The van der Waals surface area contributed by atoms with E-state index in [0.29, 0.717) is 17.9 Å². The van der Waals surface area contributed by atoms with Crippen LogP contribution in [0, 0.1) is 0 Å². The number of rotatable bonds is 4. The predicted octanol–water partition coefficient (Wildman–Crippen LogP) is 4.37. The van der Waals surface area contributed by atoms with E-state index in [9.17, 15) is 4.79 Å². The third kappa shape index (κ3) is 3.14. The average molecular weight is 379 g/mol. The second-order valence-electron chi connectivity index (χ2n) is 7.05. The fourth-order valence-corrected chi connectivity index (χ4v) is 3.75. The molecule has 0 aliphatic heterocycles. The highest BCUT2D eigenvalue weighted by atomic mass is 16.1. The van der Waals surface area contributed by atoms with Crippen LogP contribution in [0.4, 0.5) is 0 Å². The minimum Gasteiger partial charge on any atom is -0.300 e. The smallest absolute Gasteiger partial charge is 0.222 e. The third-order valence-corrected chi connectivity index (χ3v) is 4.96. The van der Waals surface area contributed by atoms with Crippen molar-refractivity contribution in [2.24, 2.45) is 0 Å². The molecule has 0 aliphatic carbocycles. The summed E-state index contributed by atoms with van der Waals surface area (Å²) in [5, 5.41) is 17.5. The maximum atomic E-state index is 11.8. The number of Topliss-reactive ketones (excluding diaryl/α,β-unsaturated/α-hetero) is 1. The second-order valence-corrected chi connectivity index (χ2v) is 7.05. The van der Waals surface area contributed by atoms with Crippen LogP contribution in [0.2, 0.25) is 0 Å². The molecule has 29 heavy (non-hydrogen) atoms. The van der Waals surface area contributed by atoms with E-state index in [2.05, 4.69) is 51.0 Å². The number of carbonyl (C=O) groups excluding carboxylic acids is 1. The maximum Gasteiger partial charge on any atom is 0.222 e. The number of pyridine rings is 1. The number of hydrogen-bond acceptors (Lipinski definition) is 5. The second kappa shape index (κ2) is 6.91. The van der Waals surface area contributed by atoms with Gasteiger partial charge in [0.2, 0.25) is 5.82 Å². The molecule has 3 aromatic carbocycles. The van der Waals surface area contributed by atoms with Crippen molar-refractivity contribution >= 4 is 27.5 Å². The van der Waals surface area contributed by atoms with Crippen molar-refractivity contribution < 1.29 is 4.79 Å². The summed E-state index contributed by atoms with van der Waals surface area (Å²) in [6.45, 7) is 1.61. The molecule has 0 amide bonds. The van der Waals surface area contributed by atoms with Gasteiger partial charge in [-0.2, -0.15) is 5.21 Å². The Morgan fingerprint density at radius 1 is 0.931 bits per heavy atom. The molecule has 5 rings (SSSR count). The number of benzene rings is 3. The molecule has 1 N–H and O–H groups in total. The molecule has 0 bridgehead atoms. The van der Waals surface area contributed by atoms with Gasteiger partial charge in [0.1, 0.15) is 11.5 Å². The zero-order valence-electron chi connectivity index (χ0n) is 15.8. The molecule has 140 valence electrons. The van der Waals surface area contributed by atoms with Crippen LogP contribution in [-0.2, 0) is 11.2 Å². The number of nitrogens with zero attached hydrogens (tertiary/aromatic N) is 4. The van der Waals surface area contributed by atoms with Crippen molar-refractivity contribution in [2.45, 2.75) is 13.3 Å². The van der Waals surface area contributed by atoms with Gasteiger partial charge in [0.25, 0.3) is 0 Å². The molecule has 0 fully saturated rings. The van der Waals surface area contributed by atoms with Gasteiger partial charge in [0.05, 0.1) is 5.52 Å². The lowest BCUT2D eigenvalue weighted by atomic mass is 9.93. The normalized spacial score (nSPS) is 11.2. The lowest BCUT2D eigenvalue weighted by Crippen LogP contribution is -1.98. The van der Waals surface area contributed by atoms with E-state index in [1.807, 2.05) is 36.4 Å². The molecule has 0 aliphatic rings. The summed E-state index contributed by atoms with van der Waals surface area (Å²) in [5.41, 5.74) is 4.53. The zero-order chi connectivity index (χ0) is 19.8. The minimum absolute atomic E-state index is 0.129. The molecule has 0 atom stereocenters. The fraction of sp³-hybridized carbons (Fsp3) is 0.0870. The Morgan fingerprint density at radius 2 is 1.79 bits per heavy atom. The van der Waals surface area contributed by atoms with Crippen LogP contribution in [0.3, 0.4) is 0 Å². The molecule has 0 unspecified atom stereocenters. The molecule has 0 spiro atoms. The summed E-state index contributed by atoms with van der Waals surface area (Å²) in [4.78, 5) is 16.6. The number of fused-ring (bicyclic) bond motifs is 2. The van der Waals surface area contributed by atoms with Crippen molar-refractivity contribution in [3.8, 4) is 22.6 Å². The van der Waals surface area contributed by atoms with Crippen LogP contribution in [0.1, 0.15) is 12.5 Å². The van der Waals surface area contributed by atoms with E-state index in [-0.39, 0.29) is 5.78 Å².